The van der Waals surface area contributed by atoms with Crippen LogP contribution in [0.1, 0.15) is 22.5 Å². The molecule has 0 saturated carbocycles. The van der Waals surface area contributed by atoms with Crippen molar-refractivity contribution in [2.45, 2.75) is 18.1 Å². The highest BCUT2D eigenvalue weighted by Crippen LogP contribution is 2.32. The molecule has 1 saturated heterocycles. The summed E-state index contributed by atoms with van der Waals surface area (Å²) in [7, 11) is 0. The Morgan fingerprint density at radius 3 is 2.92 bits per heavy atom. The molecule has 1 aliphatic heterocycles. The standard InChI is InChI=1S/C9H9BrOS2/c10-8-4-3-7(13-8)9(11)6-2-1-5-12-6/h3-4,6H,1-2,5H2. The number of carbonyl (C=O) groups is 1. The largest absolute Gasteiger partial charge is 0.292 e. The Morgan fingerprint density at radius 1 is 1.54 bits per heavy atom. The molecule has 1 atom stereocenters. The maximum atomic E-state index is 11.8. The van der Waals surface area contributed by atoms with Crippen LogP contribution in [-0.4, -0.2) is 16.8 Å². The van der Waals surface area contributed by atoms with Gasteiger partial charge in [-0.3, -0.25) is 4.79 Å². The molecule has 0 radical (unpaired) electrons. The monoisotopic (exact) mass is 276 g/mol. The van der Waals surface area contributed by atoms with Crippen molar-refractivity contribution in [1.29, 1.82) is 0 Å². The van der Waals surface area contributed by atoms with Crippen LogP contribution in [0.25, 0.3) is 0 Å². The molecule has 0 aromatic carbocycles. The molecule has 1 nitrogen and oxygen atoms in total. The van der Waals surface area contributed by atoms with E-state index in [9.17, 15) is 4.79 Å². The highest BCUT2D eigenvalue weighted by atomic mass is 79.9. The number of hydrogen-bond acceptors (Lipinski definition) is 3. The fourth-order valence-electron chi connectivity index (χ4n) is 1.39. The minimum atomic E-state index is 0.227. The molecule has 0 spiro atoms. The van der Waals surface area contributed by atoms with Gasteiger partial charge < -0.3 is 0 Å². The van der Waals surface area contributed by atoms with Gasteiger partial charge in [-0.05, 0) is 46.7 Å². The van der Waals surface area contributed by atoms with E-state index >= 15 is 0 Å². The zero-order valence-electron chi connectivity index (χ0n) is 6.96. The van der Waals surface area contributed by atoms with Gasteiger partial charge in [0, 0.05) is 0 Å². The summed E-state index contributed by atoms with van der Waals surface area (Å²) in [6.45, 7) is 0. The van der Waals surface area contributed by atoms with Gasteiger partial charge in [-0.15, -0.1) is 11.3 Å². The van der Waals surface area contributed by atoms with E-state index in [1.165, 1.54) is 17.8 Å². The highest BCUT2D eigenvalue weighted by Gasteiger charge is 2.25. The van der Waals surface area contributed by atoms with E-state index in [4.69, 9.17) is 0 Å². The zero-order valence-corrected chi connectivity index (χ0v) is 10.2. The molecule has 0 aliphatic carbocycles. The number of hydrogen-bond donors (Lipinski definition) is 0. The third kappa shape index (κ3) is 2.17. The van der Waals surface area contributed by atoms with E-state index in [2.05, 4.69) is 15.9 Å². The number of thiophene rings is 1. The van der Waals surface area contributed by atoms with E-state index in [-0.39, 0.29) is 5.25 Å². The van der Waals surface area contributed by atoms with Crippen molar-refractivity contribution in [3.05, 3.63) is 20.8 Å². The van der Waals surface area contributed by atoms with Crippen LogP contribution in [0.2, 0.25) is 0 Å². The quantitative estimate of drug-likeness (QED) is 0.768. The van der Waals surface area contributed by atoms with Crippen LogP contribution in [0.5, 0.6) is 0 Å². The van der Waals surface area contributed by atoms with Gasteiger partial charge in [0.2, 0.25) is 0 Å². The average molecular weight is 277 g/mol. The summed E-state index contributed by atoms with van der Waals surface area (Å²) in [5.74, 6) is 1.46. The Hall–Kier alpha value is 0.200. The molecule has 4 heteroatoms. The summed E-state index contributed by atoms with van der Waals surface area (Å²) in [5, 5.41) is 0.227. The molecule has 0 N–H and O–H groups in total. The normalized spacial score (nSPS) is 22.1. The van der Waals surface area contributed by atoms with Crippen LogP contribution in [-0.2, 0) is 0 Å². The molecule has 1 unspecified atom stereocenters. The minimum absolute atomic E-state index is 0.227. The number of Topliss-reactive ketones (excluding diaryl/α,β-unsaturated/α-hetero) is 1. The van der Waals surface area contributed by atoms with Crippen LogP contribution >= 0.6 is 39.0 Å². The summed E-state index contributed by atoms with van der Waals surface area (Å²) >= 11 is 6.70. The summed E-state index contributed by atoms with van der Waals surface area (Å²) in [5.41, 5.74) is 0. The molecular formula is C9H9BrOS2. The van der Waals surface area contributed by atoms with Crippen molar-refractivity contribution in [2.24, 2.45) is 0 Å². The maximum Gasteiger partial charge on any atom is 0.185 e. The SMILES string of the molecule is O=C(c1ccc(Br)s1)C1CCCS1. The molecule has 1 aliphatic rings. The van der Waals surface area contributed by atoms with Gasteiger partial charge >= 0.3 is 0 Å². The summed E-state index contributed by atoms with van der Waals surface area (Å²) in [4.78, 5) is 12.7. The lowest BCUT2D eigenvalue weighted by Crippen LogP contribution is -2.12. The minimum Gasteiger partial charge on any atom is -0.292 e. The predicted molar refractivity (Wildman–Crippen MR) is 61.8 cm³/mol. The number of rotatable bonds is 2. The molecule has 0 amide bonds. The van der Waals surface area contributed by atoms with Crippen molar-refractivity contribution >= 4 is 44.8 Å². The van der Waals surface area contributed by atoms with Crippen molar-refractivity contribution in [2.75, 3.05) is 5.75 Å². The number of thioether (sulfide) groups is 1. The molecule has 13 heavy (non-hydrogen) atoms. The van der Waals surface area contributed by atoms with Gasteiger partial charge in [-0.25, -0.2) is 0 Å². The number of halogens is 1. The van der Waals surface area contributed by atoms with E-state index in [0.29, 0.717) is 5.78 Å². The Labute approximate surface area is 94.0 Å². The summed E-state index contributed by atoms with van der Waals surface area (Å²) in [6, 6.07) is 3.85. The molecule has 0 bridgehead atoms. The van der Waals surface area contributed by atoms with Crippen LogP contribution in [0.3, 0.4) is 0 Å². The second-order valence-corrected chi connectivity index (χ2v) is 6.74. The molecule has 2 heterocycles. The highest BCUT2D eigenvalue weighted by molar-refractivity contribution is 9.11. The lowest BCUT2D eigenvalue weighted by molar-refractivity contribution is 0.0992. The van der Waals surface area contributed by atoms with Crippen LogP contribution < -0.4 is 0 Å². The lowest BCUT2D eigenvalue weighted by atomic mass is 10.1. The predicted octanol–water partition coefficient (Wildman–Crippen LogP) is 3.59. The van der Waals surface area contributed by atoms with Gasteiger partial charge in [0.05, 0.1) is 13.9 Å². The Morgan fingerprint density at radius 2 is 2.38 bits per heavy atom. The third-order valence-electron chi connectivity index (χ3n) is 2.04. The third-order valence-corrected chi connectivity index (χ3v) is 5.05. The van der Waals surface area contributed by atoms with E-state index in [1.807, 2.05) is 12.1 Å². The van der Waals surface area contributed by atoms with E-state index < -0.39 is 0 Å². The van der Waals surface area contributed by atoms with Gasteiger partial charge in [0.15, 0.2) is 5.78 Å². The smallest absolute Gasteiger partial charge is 0.185 e. The molecule has 70 valence electrons. The molecule has 1 fully saturated rings. The Bertz CT molecular complexity index is 315. The van der Waals surface area contributed by atoms with Crippen molar-refractivity contribution in [3.63, 3.8) is 0 Å². The average Bonchev–Trinajstić information content (AvgIpc) is 2.72. The first kappa shape index (κ1) is 9.74. The first-order valence-electron chi connectivity index (χ1n) is 4.18. The van der Waals surface area contributed by atoms with Crippen LogP contribution in [0.4, 0.5) is 0 Å². The molecule has 1 aromatic heterocycles. The van der Waals surface area contributed by atoms with Crippen molar-refractivity contribution < 1.29 is 4.79 Å². The topological polar surface area (TPSA) is 17.1 Å². The second-order valence-electron chi connectivity index (χ2n) is 2.97. The lowest BCUT2D eigenvalue weighted by Gasteiger charge is -2.03. The second kappa shape index (κ2) is 4.15. The van der Waals surface area contributed by atoms with Crippen LogP contribution in [0, 0.1) is 0 Å². The Kier molecular flexibility index (Phi) is 3.11. The number of carbonyl (C=O) groups excluding carboxylic acids is 1. The first-order chi connectivity index (χ1) is 6.27. The van der Waals surface area contributed by atoms with Gasteiger partial charge in [-0.1, -0.05) is 0 Å². The van der Waals surface area contributed by atoms with E-state index in [0.717, 1.165) is 20.8 Å². The van der Waals surface area contributed by atoms with Crippen molar-refractivity contribution in [1.82, 2.24) is 0 Å². The zero-order chi connectivity index (χ0) is 9.26. The van der Waals surface area contributed by atoms with Crippen LogP contribution in [0.15, 0.2) is 15.9 Å². The summed E-state index contributed by atoms with van der Waals surface area (Å²) in [6.07, 6.45) is 2.24. The van der Waals surface area contributed by atoms with E-state index in [1.54, 1.807) is 11.8 Å². The fraction of sp³-hybridized carbons (Fsp3) is 0.444. The van der Waals surface area contributed by atoms with Gasteiger partial charge in [0.1, 0.15) is 0 Å². The molecular weight excluding hydrogens is 268 g/mol. The van der Waals surface area contributed by atoms with Gasteiger partial charge in [0.25, 0.3) is 0 Å². The molecule has 2 rings (SSSR count). The number of ketones is 1. The first-order valence-corrected chi connectivity index (χ1v) is 6.84. The van der Waals surface area contributed by atoms with Gasteiger partial charge in [-0.2, -0.15) is 11.8 Å². The fourth-order valence-corrected chi connectivity index (χ4v) is 4.07. The Balaban J connectivity index is 2.12. The molecule has 1 aromatic rings. The maximum absolute atomic E-state index is 11.8. The van der Waals surface area contributed by atoms with Crippen molar-refractivity contribution in [3.8, 4) is 0 Å². The summed E-state index contributed by atoms with van der Waals surface area (Å²) < 4.78 is 1.04.